The first-order chi connectivity index (χ1) is 24.7. The number of benzene rings is 2. The third-order valence-electron chi connectivity index (χ3n) is 9.50. The second kappa shape index (κ2) is 17.1. The molecule has 6 rings (SSSR count). The number of fused-ring (bicyclic) bond motifs is 2. The molecule has 0 spiro atoms. The summed E-state index contributed by atoms with van der Waals surface area (Å²) in [6.07, 6.45) is -2.93. The van der Waals surface area contributed by atoms with Crippen LogP contribution in [0, 0.1) is 0 Å². The van der Waals surface area contributed by atoms with Gasteiger partial charge < -0.3 is 25.6 Å². The molecule has 0 saturated heterocycles. The Balaban J connectivity index is 0.000000244. The Morgan fingerprint density at radius 3 is 1.65 bits per heavy atom. The number of anilines is 2. The van der Waals surface area contributed by atoms with Gasteiger partial charge in [-0.2, -0.15) is 26.3 Å². The number of alkyl halides is 6. The predicted molar refractivity (Wildman–Crippen MR) is 199 cm³/mol. The number of halogens is 7. The number of aromatic nitrogens is 4. The molecule has 3 N–H and O–H groups in total. The molecule has 2 aromatic carbocycles. The molecule has 0 unspecified atom stereocenters. The Bertz CT molecular complexity index is 1890. The van der Waals surface area contributed by atoms with Gasteiger partial charge in [0.2, 0.25) is 0 Å². The lowest BCUT2D eigenvalue weighted by Gasteiger charge is -2.27. The number of hydrogen-bond acceptors (Lipinski definition) is 9. The molecular weight excluding hydrogens is 738 g/mol. The molecule has 2 aliphatic rings. The van der Waals surface area contributed by atoms with E-state index >= 15 is 0 Å². The first-order valence-electron chi connectivity index (χ1n) is 17.6. The first kappa shape index (κ1) is 42.6. The number of ether oxygens (including phenoxy) is 1. The number of hydrogen-bond donors (Lipinski definition) is 2. The van der Waals surface area contributed by atoms with E-state index in [-0.39, 0.29) is 47.7 Å². The molecule has 1 amide bonds. The number of nitrogens with two attached hydrogens (primary N) is 1. The Labute approximate surface area is 316 Å². The minimum atomic E-state index is -4.28. The van der Waals surface area contributed by atoms with E-state index in [1.54, 1.807) is 18.2 Å². The number of nitrogens with zero attached hydrogens (tertiary/aromatic N) is 6. The van der Waals surface area contributed by atoms with E-state index < -0.39 is 36.9 Å². The van der Waals surface area contributed by atoms with Gasteiger partial charge in [-0.1, -0.05) is 12.1 Å². The quantitative estimate of drug-likeness (QED) is 0.179. The lowest BCUT2D eigenvalue weighted by molar-refractivity contribution is -0.128. The van der Waals surface area contributed by atoms with Crippen LogP contribution in [-0.4, -0.2) is 82.2 Å². The van der Waals surface area contributed by atoms with Gasteiger partial charge in [-0.15, -0.1) is 12.4 Å². The van der Waals surface area contributed by atoms with E-state index in [9.17, 15) is 31.1 Å². The van der Waals surface area contributed by atoms with Gasteiger partial charge in [-0.05, 0) is 94.7 Å². The maximum atomic E-state index is 12.8. The first-order valence-corrected chi connectivity index (χ1v) is 17.6. The van der Waals surface area contributed by atoms with Crippen molar-refractivity contribution in [1.29, 1.82) is 0 Å². The van der Waals surface area contributed by atoms with Crippen LogP contribution in [0.25, 0.3) is 21.8 Å². The second-order valence-corrected chi connectivity index (χ2v) is 14.9. The topological polar surface area (TPSA) is 122 Å². The third kappa shape index (κ3) is 11.7. The van der Waals surface area contributed by atoms with Gasteiger partial charge in [0.15, 0.2) is 0 Å². The molecule has 2 saturated carbocycles. The summed E-state index contributed by atoms with van der Waals surface area (Å²) in [5.41, 5.74) is 7.04. The van der Waals surface area contributed by atoms with Crippen LogP contribution in [0.4, 0.5) is 42.8 Å². The summed E-state index contributed by atoms with van der Waals surface area (Å²) in [4.78, 5) is 33.0. The average molecular weight is 785 g/mol. The summed E-state index contributed by atoms with van der Waals surface area (Å²) >= 11 is 0. The van der Waals surface area contributed by atoms with E-state index in [4.69, 9.17) is 10.5 Å². The van der Waals surface area contributed by atoms with Crippen LogP contribution in [0.5, 0.6) is 0 Å². The highest BCUT2D eigenvalue weighted by Crippen LogP contribution is 2.33. The highest BCUT2D eigenvalue weighted by Gasteiger charge is 2.33. The van der Waals surface area contributed by atoms with Crippen LogP contribution < -0.4 is 20.9 Å². The van der Waals surface area contributed by atoms with Crippen molar-refractivity contribution < 1.29 is 35.9 Å². The Morgan fingerprint density at radius 2 is 1.22 bits per heavy atom. The molecule has 0 aliphatic heterocycles. The van der Waals surface area contributed by atoms with Crippen molar-refractivity contribution in [3.05, 3.63) is 60.2 Å². The van der Waals surface area contributed by atoms with Crippen LogP contribution in [0.15, 0.2) is 49.1 Å². The van der Waals surface area contributed by atoms with Crippen LogP contribution in [-0.2, 0) is 17.6 Å². The lowest BCUT2D eigenvalue weighted by Crippen LogP contribution is -2.39. The fourth-order valence-electron chi connectivity index (χ4n) is 7.03. The molecular formula is C37H47ClF6N8O2. The van der Waals surface area contributed by atoms with Crippen LogP contribution in [0.3, 0.4) is 0 Å². The molecule has 2 aromatic heterocycles. The molecule has 296 valence electrons. The van der Waals surface area contributed by atoms with Crippen molar-refractivity contribution >= 4 is 51.9 Å². The van der Waals surface area contributed by atoms with Crippen molar-refractivity contribution in [2.45, 2.75) is 114 Å². The summed E-state index contributed by atoms with van der Waals surface area (Å²) in [7, 11) is 3.79. The Kier molecular flexibility index (Phi) is 13.5. The van der Waals surface area contributed by atoms with Crippen molar-refractivity contribution in [3.63, 3.8) is 0 Å². The maximum absolute atomic E-state index is 12.8. The minimum Gasteiger partial charge on any atom is -0.444 e. The SMILES string of the molecule is CN(c1ncnc2ccc(CC(F)(F)F)cc12)[C@@H]1CC[C@H](N)C1.CN(c1ncnc2ccc(CC(F)(F)F)cc12)[C@@H]1CC[C@H](NC(=O)OC(C)(C)C)C1.Cl. The predicted octanol–water partition coefficient (Wildman–Crippen LogP) is 8.09. The molecule has 4 atom stereocenters. The van der Waals surface area contributed by atoms with Crippen LogP contribution >= 0.6 is 12.4 Å². The van der Waals surface area contributed by atoms with Gasteiger partial charge >= 0.3 is 18.4 Å². The van der Waals surface area contributed by atoms with Crippen molar-refractivity contribution in [3.8, 4) is 0 Å². The van der Waals surface area contributed by atoms with Gasteiger partial charge in [0, 0.05) is 49.0 Å². The fraction of sp³-hybridized carbons (Fsp3) is 0.541. The maximum Gasteiger partial charge on any atom is 0.407 e. The van der Waals surface area contributed by atoms with Gasteiger partial charge in [0.05, 0.1) is 23.9 Å². The Morgan fingerprint density at radius 1 is 0.759 bits per heavy atom. The normalized spacial score (nSPS) is 20.2. The summed E-state index contributed by atoms with van der Waals surface area (Å²) in [6.45, 7) is 5.43. The van der Waals surface area contributed by atoms with Crippen LogP contribution in [0.1, 0.15) is 70.4 Å². The number of nitrogens with one attached hydrogen (secondary N) is 1. The summed E-state index contributed by atoms with van der Waals surface area (Å²) < 4.78 is 81.6. The minimum absolute atomic E-state index is 0. The zero-order chi connectivity index (χ0) is 38.7. The molecule has 0 radical (unpaired) electrons. The molecule has 54 heavy (non-hydrogen) atoms. The molecule has 0 bridgehead atoms. The van der Waals surface area contributed by atoms with Gasteiger partial charge in [0.25, 0.3) is 0 Å². The van der Waals surface area contributed by atoms with Crippen molar-refractivity contribution in [1.82, 2.24) is 25.3 Å². The standard InChI is InChI=1S/C21H27F3N4O2.C16H19F3N4.ClH/c1-20(2,3)30-19(29)27-14-6-7-15(10-14)28(4)18-16-9-13(11-21(22,23)24)5-8-17(16)25-12-26-18;1-23(12-4-3-11(20)7-12)15-13-6-10(8-16(17,18)19)2-5-14(13)21-9-22-15;/h5,8-9,12,14-15H,6-7,10-11H2,1-4H3,(H,27,29);2,5-6,9,11-12H,3-4,7-8,20H2,1H3;1H/t14-,15+;11-,12+;/m00./s1. The highest BCUT2D eigenvalue weighted by atomic mass is 35.5. The van der Waals surface area contributed by atoms with Gasteiger partial charge in [-0.3, -0.25) is 0 Å². The van der Waals surface area contributed by atoms with E-state index in [1.807, 2.05) is 44.7 Å². The smallest absolute Gasteiger partial charge is 0.407 e. The number of carbonyl (C=O) groups excluding carboxylic acids is 1. The Hall–Kier alpha value is -4.18. The zero-order valence-electron chi connectivity index (χ0n) is 30.8. The number of rotatable bonds is 7. The molecule has 10 nitrogen and oxygen atoms in total. The summed E-state index contributed by atoms with van der Waals surface area (Å²) in [5, 5.41) is 4.14. The molecule has 2 fully saturated rings. The fourth-order valence-corrected chi connectivity index (χ4v) is 7.03. The molecule has 2 heterocycles. The van der Waals surface area contributed by atoms with Crippen molar-refractivity contribution in [2.75, 3.05) is 23.9 Å². The highest BCUT2D eigenvalue weighted by molar-refractivity contribution is 5.90. The lowest BCUT2D eigenvalue weighted by atomic mass is 10.1. The largest absolute Gasteiger partial charge is 0.444 e. The second-order valence-electron chi connectivity index (χ2n) is 14.9. The number of carbonyl (C=O) groups is 1. The monoisotopic (exact) mass is 784 g/mol. The zero-order valence-corrected chi connectivity index (χ0v) is 31.7. The van der Waals surface area contributed by atoms with Gasteiger partial charge in [-0.25, -0.2) is 24.7 Å². The van der Waals surface area contributed by atoms with Gasteiger partial charge in [0.1, 0.15) is 29.9 Å². The van der Waals surface area contributed by atoms with E-state index in [0.717, 1.165) is 32.1 Å². The molecule has 17 heteroatoms. The average Bonchev–Trinajstić information content (AvgIpc) is 3.70. The summed E-state index contributed by atoms with van der Waals surface area (Å²) in [5.74, 6) is 1.25. The van der Waals surface area contributed by atoms with Crippen LogP contribution in [0.2, 0.25) is 0 Å². The number of alkyl carbamates (subject to hydrolysis) is 1. The third-order valence-corrected chi connectivity index (χ3v) is 9.50. The van der Waals surface area contributed by atoms with E-state index in [0.29, 0.717) is 39.9 Å². The van der Waals surface area contributed by atoms with Crippen molar-refractivity contribution in [2.24, 2.45) is 5.73 Å². The number of amides is 1. The molecule has 4 aromatic rings. The van der Waals surface area contributed by atoms with E-state index in [2.05, 4.69) is 25.3 Å². The molecule has 2 aliphatic carbocycles. The summed E-state index contributed by atoms with van der Waals surface area (Å²) in [6, 6.07) is 9.69. The van der Waals surface area contributed by atoms with E-state index in [1.165, 1.54) is 30.9 Å².